The van der Waals surface area contributed by atoms with E-state index < -0.39 is 10.0 Å². The molecule has 0 heterocycles. The van der Waals surface area contributed by atoms with Gasteiger partial charge >= 0.3 is 0 Å². The summed E-state index contributed by atoms with van der Waals surface area (Å²) in [4.78, 5) is 0.119. The number of hydrogen-bond donors (Lipinski definition) is 1. The monoisotopic (exact) mass is 342 g/mol. The van der Waals surface area contributed by atoms with Gasteiger partial charge in [-0.3, -0.25) is 0 Å². The van der Waals surface area contributed by atoms with Gasteiger partial charge in [0.05, 0.1) is 16.5 Å². The number of nitriles is 1. The van der Waals surface area contributed by atoms with Crippen molar-refractivity contribution >= 4 is 10.0 Å². The Morgan fingerprint density at radius 3 is 2.33 bits per heavy atom. The first-order valence-corrected chi connectivity index (χ1v) is 9.48. The summed E-state index contributed by atoms with van der Waals surface area (Å²) in [7, 11) is -3.60. The summed E-state index contributed by atoms with van der Waals surface area (Å²) in [6.45, 7) is 6.32. The topological polar surface area (TPSA) is 70.0 Å². The van der Waals surface area contributed by atoms with E-state index in [4.69, 9.17) is 0 Å². The highest BCUT2D eigenvalue weighted by Crippen LogP contribution is 2.26. The summed E-state index contributed by atoms with van der Waals surface area (Å²) < 4.78 is 27.2. The molecule has 2 aromatic rings. The number of rotatable bonds is 6. The highest BCUT2D eigenvalue weighted by atomic mass is 32.2. The maximum Gasteiger partial charge on any atom is 0.240 e. The van der Waals surface area contributed by atoms with Crippen LogP contribution in [0.5, 0.6) is 0 Å². The molecule has 5 heteroatoms. The molecule has 0 fully saturated rings. The first-order valence-electron chi connectivity index (χ1n) is 8.00. The standard InChI is InChI=1S/C19H22N2O2S/c1-4-15-5-7-16(8-6-15)19-10-9-18(11-17(19)12-20)24(22,23)21-13-14(2)3/h5-11,14,21H,4,13H2,1-3H3. The van der Waals surface area contributed by atoms with E-state index in [2.05, 4.69) is 17.7 Å². The van der Waals surface area contributed by atoms with E-state index in [0.717, 1.165) is 17.5 Å². The van der Waals surface area contributed by atoms with E-state index >= 15 is 0 Å². The van der Waals surface area contributed by atoms with Crippen molar-refractivity contribution in [1.29, 1.82) is 5.26 Å². The lowest BCUT2D eigenvalue weighted by atomic mass is 9.99. The maximum atomic E-state index is 12.3. The van der Waals surface area contributed by atoms with Crippen molar-refractivity contribution in [2.45, 2.75) is 32.1 Å². The molecule has 4 nitrogen and oxygen atoms in total. The van der Waals surface area contributed by atoms with E-state index in [-0.39, 0.29) is 10.8 Å². The van der Waals surface area contributed by atoms with Crippen molar-refractivity contribution < 1.29 is 8.42 Å². The van der Waals surface area contributed by atoms with Crippen LogP contribution < -0.4 is 4.72 Å². The average Bonchev–Trinajstić information content (AvgIpc) is 2.59. The molecule has 0 aliphatic rings. The third-order valence-electron chi connectivity index (χ3n) is 3.78. The van der Waals surface area contributed by atoms with Gasteiger partial charge in [-0.15, -0.1) is 0 Å². The second-order valence-corrected chi connectivity index (χ2v) is 7.88. The van der Waals surface area contributed by atoms with Crippen LogP contribution >= 0.6 is 0 Å². The number of hydrogen-bond acceptors (Lipinski definition) is 3. The minimum absolute atomic E-state index is 0.119. The minimum atomic E-state index is -3.60. The van der Waals surface area contributed by atoms with Crippen molar-refractivity contribution in [1.82, 2.24) is 4.72 Å². The molecule has 2 aromatic carbocycles. The fourth-order valence-corrected chi connectivity index (χ4v) is 3.55. The molecule has 0 aromatic heterocycles. The predicted molar refractivity (Wildman–Crippen MR) is 96.0 cm³/mol. The third kappa shape index (κ3) is 4.22. The molecule has 0 bridgehead atoms. The van der Waals surface area contributed by atoms with Gasteiger partial charge in [0, 0.05) is 6.54 Å². The van der Waals surface area contributed by atoms with Gasteiger partial charge in [-0.1, -0.05) is 51.1 Å². The molecule has 0 unspecified atom stereocenters. The maximum absolute atomic E-state index is 12.3. The Kier molecular flexibility index (Phi) is 5.76. The molecule has 2 rings (SSSR count). The van der Waals surface area contributed by atoms with Crippen LogP contribution in [0.1, 0.15) is 31.9 Å². The minimum Gasteiger partial charge on any atom is -0.211 e. The van der Waals surface area contributed by atoms with Crippen molar-refractivity contribution in [2.24, 2.45) is 5.92 Å². The van der Waals surface area contributed by atoms with E-state index in [1.54, 1.807) is 12.1 Å². The van der Waals surface area contributed by atoms with E-state index in [0.29, 0.717) is 12.1 Å². The van der Waals surface area contributed by atoms with E-state index in [1.807, 2.05) is 38.1 Å². The smallest absolute Gasteiger partial charge is 0.211 e. The summed E-state index contributed by atoms with van der Waals surface area (Å²) in [6.07, 6.45) is 0.949. The SMILES string of the molecule is CCc1ccc(-c2ccc(S(=O)(=O)NCC(C)C)cc2C#N)cc1. The van der Waals surface area contributed by atoms with Gasteiger partial charge in [0.25, 0.3) is 0 Å². The first kappa shape index (κ1) is 18.2. The summed E-state index contributed by atoms with van der Waals surface area (Å²) >= 11 is 0. The Balaban J connectivity index is 2.39. The molecule has 0 spiro atoms. The van der Waals surface area contributed by atoms with Crippen LogP contribution in [0.25, 0.3) is 11.1 Å². The lowest BCUT2D eigenvalue weighted by Gasteiger charge is -2.11. The molecule has 24 heavy (non-hydrogen) atoms. The molecule has 0 atom stereocenters. The number of aryl methyl sites for hydroxylation is 1. The molecule has 0 radical (unpaired) electrons. The van der Waals surface area contributed by atoms with E-state index in [1.165, 1.54) is 11.6 Å². The summed E-state index contributed by atoms with van der Waals surface area (Å²) in [6, 6.07) is 14.7. The molecule has 0 aliphatic carbocycles. The predicted octanol–water partition coefficient (Wildman–Crippen LogP) is 3.72. The number of nitrogens with zero attached hydrogens (tertiary/aromatic N) is 1. The fourth-order valence-electron chi connectivity index (χ4n) is 2.31. The van der Waals surface area contributed by atoms with Crippen LogP contribution in [0.3, 0.4) is 0 Å². The van der Waals surface area contributed by atoms with Crippen LogP contribution in [-0.4, -0.2) is 15.0 Å². The van der Waals surface area contributed by atoms with Gasteiger partial charge in [0.2, 0.25) is 10.0 Å². The Morgan fingerprint density at radius 1 is 1.12 bits per heavy atom. The Bertz CT molecular complexity index is 848. The molecular weight excluding hydrogens is 320 g/mol. The first-order chi connectivity index (χ1) is 11.4. The lowest BCUT2D eigenvalue weighted by molar-refractivity contribution is 0.560. The van der Waals surface area contributed by atoms with Gasteiger partial charge < -0.3 is 0 Å². The summed E-state index contributed by atoms with van der Waals surface area (Å²) in [5, 5.41) is 9.42. The Hall–Kier alpha value is -2.16. The van der Waals surface area contributed by atoms with Crippen molar-refractivity contribution in [3.8, 4) is 17.2 Å². The normalized spacial score (nSPS) is 11.5. The van der Waals surface area contributed by atoms with Crippen LogP contribution in [0.15, 0.2) is 47.4 Å². The van der Waals surface area contributed by atoms with E-state index in [9.17, 15) is 13.7 Å². The zero-order valence-electron chi connectivity index (χ0n) is 14.2. The molecular formula is C19H22N2O2S. The van der Waals surface area contributed by atoms with Crippen molar-refractivity contribution in [2.75, 3.05) is 6.54 Å². The van der Waals surface area contributed by atoms with Crippen molar-refractivity contribution in [3.63, 3.8) is 0 Å². The number of benzene rings is 2. The van der Waals surface area contributed by atoms with Crippen LogP contribution in [0.4, 0.5) is 0 Å². The fraction of sp³-hybridized carbons (Fsp3) is 0.316. The van der Waals surface area contributed by atoms with Gasteiger partial charge in [-0.25, -0.2) is 13.1 Å². The number of nitrogens with one attached hydrogen (secondary N) is 1. The van der Waals surface area contributed by atoms with Gasteiger partial charge in [-0.2, -0.15) is 5.26 Å². The highest BCUT2D eigenvalue weighted by Gasteiger charge is 2.17. The molecule has 0 saturated carbocycles. The summed E-state index contributed by atoms with van der Waals surface area (Å²) in [5.41, 5.74) is 3.21. The molecule has 0 aliphatic heterocycles. The molecule has 0 amide bonds. The lowest BCUT2D eigenvalue weighted by Crippen LogP contribution is -2.27. The van der Waals surface area contributed by atoms with Crippen molar-refractivity contribution in [3.05, 3.63) is 53.6 Å². The van der Waals surface area contributed by atoms with Crippen LogP contribution in [-0.2, 0) is 16.4 Å². The zero-order valence-corrected chi connectivity index (χ0v) is 15.0. The quantitative estimate of drug-likeness (QED) is 0.870. The van der Waals surface area contributed by atoms with Gasteiger partial charge in [0.15, 0.2) is 0 Å². The second-order valence-electron chi connectivity index (χ2n) is 6.12. The molecule has 126 valence electrons. The van der Waals surface area contributed by atoms with Crippen LogP contribution in [0, 0.1) is 17.2 Å². The molecule has 0 saturated heterocycles. The Morgan fingerprint density at radius 2 is 1.79 bits per heavy atom. The van der Waals surface area contributed by atoms with Gasteiger partial charge in [-0.05, 0) is 41.2 Å². The summed E-state index contributed by atoms with van der Waals surface area (Å²) in [5.74, 6) is 0.214. The second kappa shape index (κ2) is 7.61. The molecule has 1 N–H and O–H groups in total. The van der Waals surface area contributed by atoms with Gasteiger partial charge in [0.1, 0.15) is 0 Å². The highest BCUT2D eigenvalue weighted by molar-refractivity contribution is 7.89. The number of sulfonamides is 1. The third-order valence-corrected chi connectivity index (χ3v) is 5.20. The largest absolute Gasteiger partial charge is 0.240 e. The Labute approximate surface area is 144 Å². The zero-order chi connectivity index (χ0) is 17.7. The average molecular weight is 342 g/mol. The van der Waals surface area contributed by atoms with Crippen LogP contribution in [0.2, 0.25) is 0 Å².